The number of nitro groups is 1. The first-order valence-electron chi connectivity index (χ1n) is 5.80. The number of amides is 1. The topological polar surface area (TPSA) is 72.2 Å². The van der Waals surface area contributed by atoms with E-state index in [1.54, 1.807) is 0 Å². The van der Waals surface area contributed by atoms with Crippen LogP contribution in [0.5, 0.6) is 0 Å². The van der Waals surface area contributed by atoms with Crippen LogP contribution in [-0.2, 0) is 0 Å². The van der Waals surface area contributed by atoms with E-state index < -0.39 is 22.3 Å². The second-order valence-corrected chi connectivity index (χ2v) is 4.35. The van der Waals surface area contributed by atoms with Crippen LogP contribution >= 0.6 is 11.6 Å². The standard InChI is InChI=1S/C12H14ClFN2O3/c1-2-9(5-6-13)15-12(17)10-4-3-8(14)7-11(10)16(18)19/h3-4,7,9H,2,5-6H2,1H3,(H,15,17). The van der Waals surface area contributed by atoms with Crippen LogP contribution in [0.4, 0.5) is 10.1 Å². The molecule has 1 aromatic carbocycles. The van der Waals surface area contributed by atoms with Crippen LogP contribution in [0.3, 0.4) is 0 Å². The minimum absolute atomic E-state index is 0.153. The minimum atomic E-state index is -0.777. The first-order valence-corrected chi connectivity index (χ1v) is 6.33. The summed E-state index contributed by atoms with van der Waals surface area (Å²) in [4.78, 5) is 22.0. The SMILES string of the molecule is CCC(CCCl)NC(=O)c1ccc(F)cc1[N+](=O)[O-]. The number of hydrogen-bond donors (Lipinski definition) is 1. The summed E-state index contributed by atoms with van der Waals surface area (Å²) in [5.74, 6) is -0.968. The maximum atomic E-state index is 13.0. The summed E-state index contributed by atoms with van der Waals surface area (Å²) in [6.45, 7) is 1.87. The molecule has 0 aliphatic carbocycles. The molecular weight excluding hydrogens is 275 g/mol. The fraction of sp³-hybridized carbons (Fsp3) is 0.417. The van der Waals surface area contributed by atoms with Crippen LogP contribution in [0.15, 0.2) is 18.2 Å². The van der Waals surface area contributed by atoms with Crippen molar-refractivity contribution in [3.8, 4) is 0 Å². The van der Waals surface area contributed by atoms with Crippen LogP contribution in [0.1, 0.15) is 30.1 Å². The molecule has 0 spiro atoms. The molecule has 0 radical (unpaired) electrons. The van der Waals surface area contributed by atoms with Crippen molar-refractivity contribution >= 4 is 23.2 Å². The van der Waals surface area contributed by atoms with E-state index in [0.29, 0.717) is 18.7 Å². The molecule has 0 bridgehead atoms. The zero-order chi connectivity index (χ0) is 14.4. The average Bonchev–Trinajstić information content (AvgIpc) is 2.37. The second kappa shape index (κ2) is 7.04. The Kier molecular flexibility index (Phi) is 5.69. The van der Waals surface area contributed by atoms with Gasteiger partial charge >= 0.3 is 0 Å². The molecule has 1 N–H and O–H groups in total. The highest BCUT2D eigenvalue weighted by molar-refractivity contribution is 6.17. The van der Waals surface area contributed by atoms with Crippen LogP contribution in [0.25, 0.3) is 0 Å². The fourth-order valence-electron chi connectivity index (χ4n) is 1.62. The van der Waals surface area contributed by atoms with Crippen molar-refractivity contribution < 1.29 is 14.1 Å². The lowest BCUT2D eigenvalue weighted by atomic mass is 10.1. The van der Waals surface area contributed by atoms with Gasteiger partial charge in [0.05, 0.1) is 11.0 Å². The molecule has 0 saturated carbocycles. The van der Waals surface area contributed by atoms with Crippen molar-refractivity contribution in [2.75, 3.05) is 5.88 Å². The van der Waals surface area contributed by atoms with Crippen molar-refractivity contribution in [1.82, 2.24) is 5.32 Å². The lowest BCUT2D eigenvalue weighted by Crippen LogP contribution is -2.35. The molecule has 19 heavy (non-hydrogen) atoms. The van der Waals surface area contributed by atoms with Crippen LogP contribution in [-0.4, -0.2) is 22.8 Å². The van der Waals surface area contributed by atoms with Gasteiger partial charge in [0.2, 0.25) is 0 Å². The highest BCUT2D eigenvalue weighted by Crippen LogP contribution is 2.20. The number of halogens is 2. The summed E-state index contributed by atoms with van der Waals surface area (Å²) in [7, 11) is 0. The van der Waals surface area contributed by atoms with Gasteiger partial charge in [-0.25, -0.2) is 4.39 Å². The first-order chi connectivity index (χ1) is 8.99. The summed E-state index contributed by atoms with van der Waals surface area (Å²) in [5.41, 5.74) is -0.697. The Morgan fingerprint density at radius 1 is 1.58 bits per heavy atom. The maximum Gasteiger partial charge on any atom is 0.285 e. The van der Waals surface area contributed by atoms with E-state index in [9.17, 15) is 19.3 Å². The molecule has 5 nitrogen and oxygen atoms in total. The molecule has 0 aromatic heterocycles. The van der Waals surface area contributed by atoms with Gasteiger partial charge in [-0.05, 0) is 25.0 Å². The lowest BCUT2D eigenvalue weighted by Gasteiger charge is -2.15. The van der Waals surface area contributed by atoms with E-state index >= 15 is 0 Å². The molecule has 7 heteroatoms. The van der Waals surface area contributed by atoms with Crippen molar-refractivity contribution in [3.63, 3.8) is 0 Å². The molecule has 0 saturated heterocycles. The molecule has 1 unspecified atom stereocenters. The number of carbonyl (C=O) groups excluding carboxylic acids is 1. The second-order valence-electron chi connectivity index (χ2n) is 3.97. The van der Waals surface area contributed by atoms with Gasteiger partial charge in [-0.15, -0.1) is 11.6 Å². The maximum absolute atomic E-state index is 13.0. The molecule has 1 amide bonds. The molecule has 0 heterocycles. The van der Waals surface area contributed by atoms with Crippen molar-refractivity contribution in [2.45, 2.75) is 25.8 Å². The van der Waals surface area contributed by atoms with E-state index in [4.69, 9.17) is 11.6 Å². The highest BCUT2D eigenvalue weighted by atomic mass is 35.5. The van der Waals surface area contributed by atoms with Gasteiger partial charge in [0, 0.05) is 11.9 Å². The fourth-order valence-corrected chi connectivity index (χ4v) is 1.88. The Morgan fingerprint density at radius 3 is 2.79 bits per heavy atom. The summed E-state index contributed by atoms with van der Waals surface area (Å²) >= 11 is 5.60. The highest BCUT2D eigenvalue weighted by Gasteiger charge is 2.22. The van der Waals surface area contributed by atoms with Crippen molar-refractivity contribution in [1.29, 1.82) is 0 Å². The minimum Gasteiger partial charge on any atom is -0.349 e. The van der Waals surface area contributed by atoms with Crippen LogP contribution < -0.4 is 5.32 Å². The molecule has 104 valence electrons. The number of nitrogens with one attached hydrogen (secondary N) is 1. The normalized spacial score (nSPS) is 11.9. The Balaban J connectivity index is 2.96. The number of nitrogens with zero attached hydrogens (tertiary/aromatic N) is 1. The average molecular weight is 289 g/mol. The zero-order valence-electron chi connectivity index (χ0n) is 10.4. The Bertz CT molecular complexity index is 482. The third-order valence-corrected chi connectivity index (χ3v) is 2.90. The van der Waals surface area contributed by atoms with E-state index in [-0.39, 0.29) is 11.6 Å². The Hall–Kier alpha value is -1.69. The van der Waals surface area contributed by atoms with E-state index in [1.165, 1.54) is 0 Å². The quantitative estimate of drug-likeness (QED) is 0.497. The monoisotopic (exact) mass is 288 g/mol. The van der Waals surface area contributed by atoms with Gasteiger partial charge in [0.1, 0.15) is 11.4 Å². The molecule has 0 aliphatic heterocycles. The number of hydrogen-bond acceptors (Lipinski definition) is 3. The van der Waals surface area contributed by atoms with Gasteiger partial charge in [-0.1, -0.05) is 6.92 Å². The van der Waals surface area contributed by atoms with Crippen LogP contribution in [0.2, 0.25) is 0 Å². The summed E-state index contributed by atoms with van der Waals surface area (Å²) in [6, 6.07) is 2.70. The van der Waals surface area contributed by atoms with Gasteiger partial charge in [0.25, 0.3) is 11.6 Å². The summed E-state index contributed by atoms with van der Waals surface area (Å²) in [6.07, 6.45) is 1.23. The zero-order valence-corrected chi connectivity index (χ0v) is 11.1. The third-order valence-electron chi connectivity index (χ3n) is 2.69. The van der Waals surface area contributed by atoms with Gasteiger partial charge in [-0.2, -0.15) is 0 Å². The molecule has 0 fully saturated rings. The van der Waals surface area contributed by atoms with Crippen LogP contribution in [0, 0.1) is 15.9 Å². The number of alkyl halides is 1. The van der Waals surface area contributed by atoms with Gasteiger partial charge in [0.15, 0.2) is 0 Å². The van der Waals surface area contributed by atoms with Crippen molar-refractivity contribution in [3.05, 3.63) is 39.7 Å². The molecule has 0 aliphatic rings. The van der Waals surface area contributed by atoms with Crippen molar-refractivity contribution in [2.24, 2.45) is 0 Å². The van der Waals surface area contributed by atoms with E-state index in [2.05, 4.69) is 5.32 Å². The lowest BCUT2D eigenvalue weighted by molar-refractivity contribution is -0.385. The predicted octanol–water partition coefficient (Wildman–Crippen LogP) is 2.87. The molecular formula is C12H14ClFN2O3. The number of benzene rings is 1. The number of rotatable bonds is 6. The number of nitro benzene ring substituents is 1. The molecule has 1 aromatic rings. The third kappa shape index (κ3) is 4.17. The first kappa shape index (κ1) is 15.4. The predicted molar refractivity (Wildman–Crippen MR) is 69.9 cm³/mol. The largest absolute Gasteiger partial charge is 0.349 e. The number of carbonyl (C=O) groups is 1. The van der Waals surface area contributed by atoms with Gasteiger partial charge in [-0.3, -0.25) is 14.9 Å². The summed E-state index contributed by atoms with van der Waals surface area (Å²) < 4.78 is 13.0. The summed E-state index contributed by atoms with van der Waals surface area (Å²) in [5, 5.41) is 13.4. The van der Waals surface area contributed by atoms with E-state index in [0.717, 1.165) is 18.2 Å². The molecule has 1 rings (SSSR count). The van der Waals surface area contributed by atoms with Gasteiger partial charge < -0.3 is 5.32 Å². The molecule has 1 atom stereocenters. The van der Waals surface area contributed by atoms with E-state index in [1.807, 2.05) is 6.92 Å². The Morgan fingerprint density at radius 2 is 2.26 bits per heavy atom. The Labute approximate surface area is 114 Å². The smallest absolute Gasteiger partial charge is 0.285 e.